The van der Waals surface area contributed by atoms with Crippen LogP contribution in [0, 0.1) is 5.92 Å². The second kappa shape index (κ2) is 8.82. The third-order valence-corrected chi connectivity index (χ3v) is 7.05. The highest BCUT2D eigenvalue weighted by atomic mass is 32.2. The summed E-state index contributed by atoms with van der Waals surface area (Å²) in [6.45, 7) is 6.81. The maximum Gasteiger partial charge on any atom is 0.258 e. The fourth-order valence-electron chi connectivity index (χ4n) is 4.02. The third kappa shape index (κ3) is 4.17. The number of nitrogens with zero attached hydrogens (tertiary/aromatic N) is 5. The van der Waals surface area contributed by atoms with Crippen molar-refractivity contribution in [3.63, 3.8) is 0 Å². The van der Waals surface area contributed by atoms with Crippen LogP contribution < -0.4 is 10.5 Å². The van der Waals surface area contributed by atoms with E-state index >= 15 is 0 Å². The molecule has 0 radical (unpaired) electrons. The number of hydrogen-bond acceptors (Lipinski definition) is 7. The Labute approximate surface area is 190 Å². The number of rotatable bonds is 6. The van der Waals surface area contributed by atoms with Crippen LogP contribution in [-0.2, 0) is 6.54 Å². The van der Waals surface area contributed by atoms with E-state index < -0.39 is 0 Å². The van der Waals surface area contributed by atoms with Crippen molar-refractivity contribution in [1.29, 1.82) is 0 Å². The van der Waals surface area contributed by atoms with Gasteiger partial charge < -0.3 is 14.3 Å². The lowest BCUT2D eigenvalue weighted by atomic mass is 10.00. The lowest BCUT2D eigenvalue weighted by Crippen LogP contribution is -2.35. The first-order chi connectivity index (χ1) is 15.6. The van der Waals surface area contributed by atoms with Gasteiger partial charge in [-0.3, -0.25) is 9.36 Å². The van der Waals surface area contributed by atoms with Crippen LogP contribution in [-0.4, -0.2) is 37.8 Å². The number of hydrogen-bond donors (Lipinski definition) is 1. The molecule has 1 N–H and O–H groups in total. The zero-order valence-electron chi connectivity index (χ0n) is 18.2. The molecule has 1 aromatic carbocycles. The topological polar surface area (TPSA) is 92.8 Å². The van der Waals surface area contributed by atoms with Crippen LogP contribution in [0.1, 0.15) is 43.5 Å². The van der Waals surface area contributed by atoms with E-state index in [0.29, 0.717) is 23.3 Å². The number of benzene rings is 1. The third-order valence-electron chi connectivity index (χ3n) is 5.96. The molecule has 4 heterocycles. The molecule has 1 atom stereocenters. The van der Waals surface area contributed by atoms with Gasteiger partial charge in [-0.05, 0) is 49.9 Å². The van der Waals surface area contributed by atoms with Crippen molar-refractivity contribution in [3.05, 3.63) is 64.6 Å². The van der Waals surface area contributed by atoms with Crippen molar-refractivity contribution in [3.8, 4) is 0 Å². The predicted octanol–water partition coefficient (Wildman–Crippen LogP) is 4.25. The number of para-hydroxylation sites is 1. The molecule has 0 bridgehead atoms. The second-order valence-corrected chi connectivity index (χ2v) is 9.65. The van der Waals surface area contributed by atoms with Gasteiger partial charge in [-0.2, -0.15) is 0 Å². The summed E-state index contributed by atoms with van der Waals surface area (Å²) in [6, 6.07) is 11.2. The lowest BCUT2D eigenvalue weighted by Gasteiger charge is -2.31. The van der Waals surface area contributed by atoms with Crippen molar-refractivity contribution < 1.29 is 4.42 Å². The highest BCUT2D eigenvalue weighted by Crippen LogP contribution is 2.35. The molecule has 1 unspecified atom stereocenters. The summed E-state index contributed by atoms with van der Waals surface area (Å²) in [7, 11) is 0. The van der Waals surface area contributed by atoms with E-state index in [2.05, 4.69) is 36.6 Å². The van der Waals surface area contributed by atoms with Gasteiger partial charge in [0.25, 0.3) is 5.56 Å². The minimum absolute atomic E-state index is 0.110. The minimum Gasteiger partial charge on any atom is -0.467 e. The van der Waals surface area contributed by atoms with Crippen LogP contribution in [0.25, 0.3) is 10.9 Å². The van der Waals surface area contributed by atoms with Crippen LogP contribution in [0.5, 0.6) is 0 Å². The smallest absolute Gasteiger partial charge is 0.258 e. The fraction of sp³-hybridized carbons (Fsp3) is 0.391. The Morgan fingerprint density at radius 3 is 2.78 bits per heavy atom. The van der Waals surface area contributed by atoms with Gasteiger partial charge in [0.2, 0.25) is 5.95 Å². The predicted molar refractivity (Wildman–Crippen MR) is 125 cm³/mol. The first-order valence-electron chi connectivity index (χ1n) is 10.9. The summed E-state index contributed by atoms with van der Waals surface area (Å²) in [5, 5.41) is 10.3. The minimum atomic E-state index is -0.127. The summed E-state index contributed by atoms with van der Waals surface area (Å²) in [4.78, 5) is 22.4. The standard InChI is InChI=1S/C23H26N6O2S/c1-15-9-11-28(12-10-15)22-26-27-23(29(22)14-17-6-5-13-31-17)32-16(2)20-24-19-8-4-3-7-18(19)21(30)25-20/h3-8,13,15-16H,9-12,14H2,1-2H3,(H,24,25,30). The van der Waals surface area contributed by atoms with Crippen molar-refractivity contribution in [2.24, 2.45) is 5.92 Å². The molecule has 9 heteroatoms. The van der Waals surface area contributed by atoms with Gasteiger partial charge in [-0.25, -0.2) is 4.98 Å². The van der Waals surface area contributed by atoms with E-state index in [1.807, 2.05) is 37.3 Å². The molecule has 0 spiro atoms. The number of nitrogens with one attached hydrogen (secondary N) is 1. The van der Waals surface area contributed by atoms with Crippen LogP contribution in [0.3, 0.4) is 0 Å². The van der Waals surface area contributed by atoms with Gasteiger partial charge in [0.1, 0.15) is 11.6 Å². The van der Waals surface area contributed by atoms with Crippen LogP contribution in [0.4, 0.5) is 5.95 Å². The molecular weight excluding hydrogens is 424 g/mol. The van der Waals surface area contributed by atoms with E-state index in [-0.39, 0.29) is 10.8 Å². The number of aromatic amines is 1. The number of thioether (sulfide) groups is 1. The molecular formula is C23H26N6O2S. The summed E-state index contributed by atoms with van der Waals surface area (Å²) >= 11 is 1.54. The SMILES string of the molecule is CC1CCN(c2nnc(SC(C)c3nc4ccccc4c(=O)[nH]3)n2Cc2ccco2)CC1. The zero-order valence-corrected chi connectivity index (χ0v) is 19.0. The molecule has 0 amide bonds. The maximum absolute atomic E-state index is 12.5. The number of furan rings is 1. The quantitative estimate of drug-likeness (QED) is 0.439. The van der Waals surface area contributed by atoms with Gasteiger partial charge >= 0.3 is 0 Å². The largest absolute Gasteiger partial charge is 0.467 e. The van der Waals surface area contributed by atoms with Crippen molar-refractivity contribution in [1.82, 2.24) is 24.7 Å². The molecule has 1 fully saturated rings. The molecule has 1 saturated heterocycles. The van der Waals surface area contributed by atoms with Gasteiger partial charge in [0.05, 0.1) is 29.0 Å². The van der Waals surface area contributed by atoms with Gasteiger partial charge in [-0.1, -0.05) is 30.8 Å². The first-order valence-corrected chi connectivity index (χ1v) is 11.8. The fourth-order valence-corrected chi connectivity index (χ4v) is 4.92. The van der Waals surface area contributed by atoms with E-state index in [4.69, 9.17) is 4.42 Å². The summed E-state index contributed by atoms with van der Waals surface area (Å²) < 4.78 is 7.72. The molecule has 0 saturated carbocycles. The van der Waals surface area contributed by atoms with Crippen molar-refractivity contribution in [2.45, 2.75) is 43.6 Å². The number of piperidine rings is 1. The second-order valence-electron chi connectivity index (χ2n) is 8.35. The number of H-pyrrole nitrogens is 1. The van der Waals surface area contributed by atoms with Gasteiger partial charge in [-0.15, -0.1) is 10.2 Å². The Morgan fingerprint density at radius 2 is 2.00 bits per heavy atom. The number of fused-ring (bicyclic) bond motifs is 1. The summed E-state index contributed by atoms with van der Waals surface area (Å²) in [6.07, 6.45) is 3.98. The normalized spacial score (nSPS) is 16.0. The Balaban J connectivity index is 1.45. The van der Waals surface area contributed by atoms with E-state index in [1.165, 1.54) is 11.8 Å². The average Bonchev–Trinajstić information content (AvgIpc) is 3.45. The number of anilines is 1. The average molecular weight is 451 g/mol. The molecule has 4 aromatic rings. The van der Waals surface area contributed by atoms with Crippen molar-refractivity contribution in [2.75, 3.05) is 18.0 Å². The molecule has 5 rings (SSSR count). The molecule has 1 aliphatic heterocycles. The molecule has 3 aromatic heterocycles. The summed E-state index contributed by atoms with van der Waals surface area (Å²) in [5.74, 6) is 3.07. The Hall–Kier alpha value is -3.07. The number of aromatic nitrogens is 5. The monoisotopic (exact) mass is 450 g/mol. The first kappa shape index (κ1) is 20.8. The van der Waals surface area contributed by atoms with Crippen LogP contribution in [0.15, 0.2) is 57.0 Å². The molecule has 166 valence electrons. The highest BCUT2D eigenvalue weighted by molar-refractivity contribution is 7.99. The van der Waals surface area contributed by atoms with Crippen LogP contribution in [0.2, 0.25) is 0 Å². The molecule has 32 heavy (non-hydrogen) atoms. The maximum atomic E-state index is 12.5. The van der Waals surface area contributed by atoms with E-state index in [9.17, 15) is 4.79 Å². The molecule has 1 aliphatic rings. The Morgan fingerprint density at radius 1 is 1.19 bits per heavy atom. The van der Waals surface area contributed by atoms with Crippen molar-refractivity contribution >= 4 is 28.6 Å². The Kier molecular flexibility index (Phi) is 5.73. The Bertz CT molecular complexity index is 1260. The molecule has 8 nitrogen and oxygen atoms in total. The van der Waals surface area contributed by atoms with Gasteiger partial charge in [0, 0.05) is 13.1 Å². The van der Waals surface area contributed by atoms with E-state index in [1.54, 1.807) is 12.3 Å². The summed E-state index contributed by atoms with van der Waals surface area (Å²) in [5.41, 5.74) is 0.567. The van der Waals surface area contributed by atoms with Crippen LogP contribution >= 0.6 is 11.8 Å². The zero-order chi connectivity index (χ0) is 22.1. The van der Waals surface area contributed by atoms with Gasteiger partial charge in [0.15, 0.2) is 5.16 Å². The highest BCUT2D eigenvalue weighted by Gasteiger charge is 2.25. The molecule has 0 aliphatic carbocycles. The van der Waals surface area contributed by atoms with E-state index in [0.717, 1.165) is 48.7 Å². The lowest BCUT2D eigenvalue weighted by molar-refractivity contribution is 0.427.